The van der Waals surface area contributed by atoms with Gasteiger partial charge in [0.15, 0.2) is 0 Å². The van der Waals surface area contributed by atoms with Crippen molar-refractivity contribution >= 4 is 13.6 Å². The number of hydrogen-bond donors (Lipinski definition) is 0. The SMILES string of the molecule is C[CH-]CC(C)C.[Zn+][Br]. The topological polar surface area (TPSA) is 0 Å². The zero-order valence-electron chi connectivity index (χ0n) is 5.95. The minimum absolute atomic E-state index is 0.843. The predicted molar refractivity (Wildman–Crippen MR) is 38.4 cm³/mol. The monoisotopic (exact) mass is 228 g/mol. The molecule has 0 spiro atoms. The summed E-state index contributed by atoms with van der Waals surface area (Å²) in [5.74, 6) is 0.843. The van der Waals surface area contributed by atoms with Crippen LogP contribution in [0, 0.1) is 12.3 Å². The molecule has 2 heteroatoms. The summed E-state index contributed by atoms with van der Waals surface area (Å²) in [7, 11) is 0. The van der Waals surface area contributed by atoms with E-state index in [2.05, 4.69) is 40.8 Å². The third-order valence-electron chi connectivity index (χ3n) is 0.707. The van der Waals surface area contributed by atoms with Crippen LogP contribution in [0.2, 0.25) is 0 Å². The van der Waals surface area contributed by atoms with Crippen LogP contribution >= 0.6 is 13.6 Å². The van der Waals surface area contributed by atoms with Crippen LogP contribution < -0.4 is 0 Å². The van der Waals surface area contributed by atoms with Gasteiger partial charge in [-0.25, -0.2) is 0 Å². The fraction of sp³-hybridized carbons (Fsp3) is 0.833. The molecule has 0 radical (unpaired) electrons. The molecule has 0 saturated heterocycles. The van der Waals surface area contributed by atoms with Gasteiger partial charge in [0.1, 0.15) is 0 Å². The molecule has 0 atom stereocenters. The van der Waals surface area contributed by atoms with Gasteiger partial charge in [0.2, 0.25) is 0 Å². The first-order valence-electron chi connectivity index (χ1n) is 2.82. The fourth-order valence-electron chi connectivity index (χ4n) is 0.471. The summed E-state index contributed by atoms with van der Waals surface area (Å²) >= 11 is 4.25. The Bertz CT molecular complexity index is 29.7. The molecule has 0 saturated carbocycles. The van der Waals surface area contributed by atoms with E-state index < -0.39 is 0 Å². The van der Waals surface area contributed by atoms with Crippen LogP contribution in [-0.2, 0) is 16.3 Å². The molecule has 0 amide bonds. The Hall–Kier alpha value is 1.10. The standard InChI is InChI=1S/C6H13.BrH.Zn/c1-4-5-6(2)3;;/h4,6H,5H2,1-3H3;1H;/q-1;;+2/p-1. The van der Waals surface area contributed by atoms with Crippen molar-refractivity contribution in [1.29, 1.82) is 0 Å². The Morgan fingerprint density at radius 2 is 1.88 bits per heavy atom. The summed E-state index contributed by atoms with van der Waals surface area (Å²) in [4.78, 5) is 0. The Morgan fingerprint density at radius 1 is 1.50 bits per heavy atom. The van der Waals surface area contributed by atoms with Crippen molar-refractivity contribution in [3.8, 4) is 0 Å². The van der Waals surface area contributed by atoms with Crippen LogP contribution in [0.4, 0.5) is 0 Å². The van der Waals surface area contributed by atoms with Gasteiger partial charge in [0.05, 0.1) is 0 Å². The first-order valence-corrected chi connectivity index (χ1v) is 9.76. The average Bonchev–Trinajstić information content (AvgIpc) is 1.72. The van der Waals surface area contributed by atoms with Crippen LogP contribution in [0.5, 0.6) is 0 Å². The van der Waals surface area contributed by atoms with Gasteiger partial charge < -0.3 is 6.42 Å². The van der Waals surface area contributed by atoms with Crippen molar-refractivity contribution < 1.29 is 16.3 Å². The molecule has 0 unspecified atom stereocenters. The molecular formula is C6H13BrZn. The van der Waals surface area contributed by atoms with Crippen LogP contribution in [0.25, 0.3) is 0 Å². The van der Waals surface area contributed by atoms with E-state index in [9.17, 15) is 0 Å². The van der Waals surface area contributed by atoms with Gasteiger partial charge in [0.25, 0.3) is 0 Å². The van der Waals surface area contributed by atoms with Crippen LogP contribution in [0.1, 0.15) is 27.2 Å². The molecule has 0 heterocycles. The van der Waals surface area contributed by atoms with E-state index in [4.69, 9.17) is 0 Å². The van der Waals surface area contributed by atoms with Crippen molar-refractivity contribution in [1.82, 2.24) is 0 Å². The van der Waals surface area contributed by atoms with E-state index in [0.29, 0.717) is 0 Å². The Labute approximate surface area is 69.5 Å². The van der Waals surface area contributed by atoms with Gasteiger partial charge in [-0.1, -0.05) is 19.8 Å². The third-order valence-corrected chi connectivity index (χ3v) is 0.707. The molecule has 8 heavy (non-hydrogen) atoms. The van der Waals surface area contributed by atoms with Crippen LogP contribution in [0.3, 0.4) is 0 Å². The van der Waals surface area contributed by atoms with E-state index in [1.54, 1.807) is 0 Å². The number of halogens is 1. The maximum atomic E-state index is 3.06. The average molecular weight is 230 g/mol. The van der Waals surface area contributed by atoms with Gasteiger partial charge in [-0.15, -0.1) is 0 Å². The van der Waals surface area contributed by atoms with Crippen molar-refractivity contribution in [3.05, 3.63) is 6.42 Å². The van der Waals surface area contributed by atoms with Crippen molar-refractivity contribution in [2.75, 3.05) is 0 Å². The summed E-state index contributed by atoms with van der Waals surface area (Å²) in [6.45, 7) is 6.54. The second-order valence-electron chi connectivity index (χ2n) is 2.04. The molecule has 0 aromatic rings. The summed E-state index contributed by atoms with van der Waals surface area (Å²) in [5.41, 5.74) is 0. The summed E-state index contributed by atoms with van der Waals surface area (Å²) in [6.07, 6.45) is 3.45. The predicted octanol–water partition coefficient (Wildman–Crippen LogP) is 3.10. The quantitative estimate of drug-likeness (QED) is 0.505. The minimum atomic E-state index is 0.843. The molecule has 0 bridgehead atoms. The molecule has 0 aliphatic carbocycles. The van der Waals surface area contributed by atoms with Gasteiger partial charge in [-0.3, -0.25) is 0 Å². The van der Waals surface area contributed by atoms with Gasteiger partial charge >= 0.3 is 30.0 Å². The zero-order chi connectivity index (χ0) is 6.99. The molecule has 0 nitrogen and oxygen atoms in total. The van der Waals surface area contributed by atoms with Gasteiger partial charge in [0, 0.05) is 0 Å². The van der Waals surface area contributed by atoms with Crippen molar-refractivity contribution in [2.45, 2.75) is 27.2 Å². The number of hydrogen-bond acceptors (Lipinski definition) is 0. The molecular weight excluding hydrogens is 217 g/mol. The molecule has 0 rings (SSSR count). The maximum absolute atomic E-state index is 3.06. The molecule has 0 aromatic carbocycles. The second kappa shape index (κ2) is 11.0. The normalized spacial score (nSPS) is 8.38. The summed E-state index contributed by atoms with van der Waals surface area (Å²) in [5, 5.41) is 0. The molecule has 0 aliphatic heterocycles. The fourth-order valence-corrected chi connectivity index (χ4v) is 0.471. The van der Waals surface area contributed by atoms with Crippen molar-refractivity contribution in [3.63, 3.8) is 0 Å². The van der Waals surface area contributed by atoms with Gasteiger partial charge in [-0.2, -0.15) is 13.3 Å². The Kier molecular flexibility index (Phi) is 16.3. The first-order chi connectivity index (χ1) is 3.77. The molecule has 0 fully saturated rings. The molecule has 46 valence electrons. The second-order valence-corrected chi connectivity index (χ2v) is 2.04. The van der Waals surface area contributed by atoms with Crippen LogP contribution in [0.15, 0.2) is 0 Å². The first kappa shape index (κ1) is 11.8. The molecule has 0 aliphatic rings. The third kappa shape index (κ3) is 15.7. The summed E-state index contributed by atoms with van der Waals surface area (Å²) in [6, 6.07) is 0. The Morgan fingerprint density at radius 3 is 1.88 bits per heavy atom. The van der Waals surface area contributed by atoms with Crippen molar-refractivity contribution in [2.24, 2.45) is 5.92 Å². The zero-order valence-corrected chi connectivity index (χ0v) is 10.5. The van der Waals surface area contributed by atoms with E-state index in [1.165, 1.54) is 22.8 Å². The Balaban J connectivity index is 0. The number of rotatable bonds is 2. The van der Waals surface area contributed by atoms with E-state index >= 15 is 0 Å². The van der Waals surface area contributed by atoms with E-state index in [0.717, 1.165) is 5.92 Å². The van der Waals surface area contributed by atoms with Gasteiger partial charge in [-0.05, 0) is 0 Å². The van der Waals surface area contributed by atoms with E-state index in [-0.39, 0.29) is 0 Å². The van der Waals surface area contributed by atoms with Crippen LogP contribution in [-0.4, -0.2) is 0 Å². The summed E-state index contributed by atoms with van der Waals surface area (Å²) < 4.78 is 0. The molecule has 0 aromatic heterocycles. The van der Waals surface area contributed by atoms with E-state index in [1.807, 2.05) is 0 Å². The molecule has 0 N–H and O–H groups in total.